The average Bonchev–Trinajstić information content (AvgIpc) is 3.37. The summed E-state index contributed by atoms with van der Waals surface area (Å²) >= 11 is 0. The predicted octanol–water partition coefficient (Wildman–Crippen LogP) is 3.88. The number of amides is 1. The lowest BCUT2D eigenvalue weighted by atomic mass is 9.86. The quantitative estimate of drug-likeness (QED) is 0.409. The third kappa shape index (κ3) is 3.44. The summed E-state index contributed by atoms with van der Waals surface area (Å²) in [5.74, 6) is -0.486. The average molecular weight is 393 g/mol. The summed E-state index contributed by atoms with van der Waals surface area (Å²) in [5.41, 5.74) is 8.66. The number of aromatic amines is 1. The van der Waals surface area contributed by atoms with E-state index in [4.69, 9.17) is 5.73 Å². The van der Waals surface area contributed by atoms with Crippen molar-refractivity contribution in [3.8, 4) is 11.5 Å². The molecule has 0 spiro atoms. The van der Waals surface area contributed by atoms with Gasteiger partial charge in [0.05, 0.1) is 5.41 Å². The van der Waals surface area contributed by atoms with Crippen molar-refractivity contribution >= 4 is 22.5 Å². The van der Waals surface area contributed by atoms with Crippen LogP contribution in [-0.4, -0.2) is 27.6 Å². The van der Waals surface area contributed by atoms with Gasteiger partial charge in [0.2, 0.25) is 5.91 Å². The normalized spacial score (nSPS) is 15.4. The molecule has 3 aromatic rings. The van der Waals surface area contributed by atoms with Gasteiger partial charge in [-0.1, -0.05) is 19.9 Å². The van der Waals surface area contributed by atoms with Crippen molar-refractivity contribution in [2.75, 3.05) is 11.9 Å². The lowest BCUT2D eigenvalue weighted by molar-refractivity contribution is -0.118. The van der Waals surface area contributed by atoms with Crippen LogP contribution in [0.2, 0.25) is 0 Å². The minimum absolute atomic E-state index is 0.0455. The molecule has 29 heavy (non-hydrogen) atoms. The van der Waals surface area contributed by atoms with E-state index < -0.39 is 5.41 Å². The summed E-state index contributed by atoms with van der Waals surface area (Å²) in [6, 6.07) is 12.5. The molecule has 6 nitrogen and oxygen atoms in total. The first kappa shape index (κ1) is 19.3. The van der Waals surface area contributed by atoms with Crippen molar-refractivity contribution in [1.29, 1.82) is 0 Å². The maximum absolute atomic E-state index is 13.0. The van der Waals surface area contributed by atoms with Gasteiger partial charge in [-0.15, -0.1) is 0 Å². The Morgan fingerprint density at radius 1 is 1.14 bits per heavy atom. The maximum atomic E-state index is 13.0. The van der Waals surface area contributed by atoms with E-state index in [1.807, 2.05) is 18.2 Å². The molecule has 1 amide bonds. The van der Waals surface area contributed by atoms with Gasteiger partial charge >= 0.3 is 0 Å². The first-order valence-corrected chi connectivity index (χ1v) is 9.92. The van der Waals surface area contributed by atoms with E-state index in [0.717, 1.165) is 34.3 Å². The molecule has 4 rings (SSSR count). The third-order valence-electron chi connectivity index (χ3n) is 6.09. The fraction of sp³-hybridized carbons (Fsp3) is 0.348. The number of hydrogen-bond acceptors (Lipinski definition) is 4. The lowest BCUT2D eigenvalue weighted by Gasteiger charge is -2.22. The number of carbonyl (C=O) groups excluding carboxylic acids is 1. The van der Waals surface area contributed by atoms with E-state index >= 15 is 0 Å². The predicted molar refractivity (Wildman–Crippen MR) is 114 cm³/mol. The van der Waals surface area contributed by atoms with E-state index in [2.05, 4.69) is 30.2 Å². The van der Waals surface area contributed by atoms with Crippen LogP contribution in [0.5, 0.6) is 11.5 Å². The number of rotatable bonds is 6. The van der Waals surface area contributed by atoms with Gasteiger partial charge in [0.15, 0.2) is 11.5 Å². The van der Waals surface area contributed by atoms with Gasteiger partial charge in [0, 0.05) is 27.7 Å². The number of benzene rings is 2. The molecule has 6 heteroatoms. The molecule has 1 aromatic heterocycles. The molecule has 1 aliphatic carbocycles. The first-order chi connectivity index (χ1) is 13.7. The number of phenols is 2. The summed E-state index contributed by atoms with van der Waals surface area (Å²) in [7, 11) is 0. The largest absolute Gasteiger partial charge is 0.504 e. The molecule has 0 atom stereocenters. The molecule has 0 unspecified atom stereocenters. The SMILES string of the molecule is CC(C)(CCN)c1cc2cc(NC(=O)C3(c4ccc(O)c(O)c4)CC3)ccc2[nH]1. The van der Waals surface area contributed by atoms with Gasteiger partial charge in [-0.3, -0.25) is 4.79 Å². The Kier molecular flexibility index (Phi) is 4.54. The minimum atomic E-state index is -0.646. The van der Waals surface area contributed by atoms with Gasteiger partial charge < -0.3 is 26.2 Å². The van der Waals surface area contributed by atoms with E-state index in [9.17, 15) is 15.0 Å². The Morgan fingerprint density at radius 3 is 2.55 bits per heavy atom. The van der Waals surface area contributed by atoms with Gasteiger partial charge in [0.25, 0.3) is 0 Å². The van der Waals surface area contributed by atoms with Crippen LogP contribution in [0.1, 0.15) is 44.4 Å². The summed E-state index contributed by atoms with van der Waals surface area (Å²) in [5, 5.41) is 23.4. The Labute approximate surface area is 169 Å². The summed E-state index contributed by atoms with van der Waals surface area (Å²) in [4.78, 5) is 16.5. The first-order valence-electron chi connectivity index (χ1n) is 9.92. The molecule has 1 aliphatic rings. The Balaban J connectivity index is 1.57. The summed E-state index contributed by atoms with van der Waals surface area (Å²) < 4.78 is 0. The van der Waals surface area contributed by atoms with E-state index in [-0.39, 0.29) is 22.8 Å². The van der Waals surface area contributed by atoms with E-state index in [1.165, 1.54) is 12.1 Å². The van der Waals surface area contributed by atoms with Gasteiger partial charge in [-0.05, 0) is 67.8 Å². The lowest BCUT2D eigenvalue weighted by Crippen LogP contribution is -2.27. The minimum Gasteiger partial charge on any atom is -0.504 e. The van der Waals surface area contributed by atoms with Crippen molar-refractivity contribution in [3.05, 3.63) is 53.7 Å². The molecular formula is C23H27N3O3. The Morgan fingerprint density at radius 2 is 1.90 bits per heavy atom. The van der Waals surface area contributed by atoms with Gasteiger partial charge in [-0.25, -0.2) is 0 Å². The molecule has 1 fully saturated rings. The van der Waals surface area contributed by atoms with E-state index in [0.29, 0.717) is 19.4 Å². The number of H-pyrrole nitrogens is 1. The molecule has 0 radical (unpaired) electrons. The monoisotopic (exact) mass is 393 g/mol. The van der Waals surface area contributed by atoms with Crippen LogP contribution in [0.25, 0.3) is 10.9 Å². The van der Waals surface area contributed by atoms with Crippen molar-refractivity contribution in [2.24, 2.45) is 5.73 Å². The van der Waals surface area contributed by atoms with Crippen LogP contribution in [0.15, 0.2) is 42.5 Å². The molecule has 0 aliphatic heterocycles. The topological polar surface area (TPSA) is 111 Å². The highest BCUT2D eigenvalue weighted by Crippen LogP contribution is 2.50. The number of nitrogens with two attached hydrogens (primary N) is 1. The number of fused-ring (bicyclic) bond motifs is 1. The molecule has 2 aromatic carbocycles. The van der Waals surface area contributed by atoms with Crippen molar-refractivity contribution in [1.82, 2.24) is 4.98 Å². The second kappa shape index (κ2) is 6.81. The number of aromatic nitrogens is 1. The smallest absolute Gasteiger partial charge is 0.235 e. The van der Waals surface area contributed by atoms with Crippen molar-refractivity contribution in [2.45, 2.75) is 43.9 Å². The standard InChI is InChI=1S/C23H27N3O3/c1-22(2,9-10-24)20-12-14-11-16(4-5-17(14)26-20)25-21(29)23(7-8-23)15-3-6-18(27)19(28)13-15/h3-6,11-13,26-28H,7-10,24H2,1-2H3,(H,25,29). The number of hydrogen-bond donors (Lipinski definition) is 5. The van der Waals surface area contributed by atoms with E-state index in [1.54, 1.807) is 6.07 Å². The van der Waals surface area contributed by atoms with Crippen LogP contribution >= 0.6 is 0 Å². The van der Waals surface area contributed by atoms with Crippen molar-refractivity contribution < 1.29 is 15.0 Å². The number of phenolic OH excluding ortho intramolecular Hbond substituents is 2. The second-order valence-electron chi connectivity index (χ2n) is 8.65. The summed E-state index contributed by atoms with van der Waals surface area (Å²) in [6.45, 7) is 4.95. The number of carbonyl (C=O) groups is 1. The highest BCUT2D eigenvalue weighted by atomic mass is 16.3. The molecular weight excluding hydrogens is 366 g/mol. The summed E-state index contributed by atoms with van der Waals surface area (Å²) in [6.07, 6.45) is 2.31. The fourth-order valence-corrected chi connectivity index (χ4v) is 3.91. The number of nitrogens with one attached hydrogen (secondary N) is 2. The zero-order chi connectivity index (χ0) is 20.8. The van der Waals surface area contributed by atoms with Crippen LogP contribution in [0, 0.1) is 0 Å². The van der Waals surface area contributed by atoms with Crippen LogP contribution in [-0.2, 0) is 15.6 Å². The molecule has 1 heterocycles. The van der Waals surface area contributed by atoms with Gasteiger partial charge in [0.1, 0.15) is 0 Å². The zero-order valence-corrected chi connectivity index (χ0v) is 16.7. The highest BCUT2D eigenvalue weighted by molar-refractivity contribution is 6.02. The van der Waals surface area contributed by atoms with Gasteiger partial charge in [-0.2, -0.15) is 0 Å². The molecule has 6 N–H and O–H groups in total. The number of aromatic hydroxyl groups is 2. The second-order valence-corrected chi connectivity index (χ2v) is 8.65. The maximum Gasteiger partial charge on any atom is 0.235 e. The van der Waals surface area contributed by atoms with Crippen LogP contribution in [0.3, 0.4) is 0 Å². The third-order valence-corrected chi connectivity index (χ3v) is 6.09. The Hall–Kier alpha value is -2.99. The van der Waals surface area contributed by atoms with Crippen LogP contribution in [0.4, 0.5) is 5.69 Å². The van der Waals surface area contributed by atoms with Crippen LogP contribution < -0.4 is 11.1 Å². The van der Waals surface area contributed by atoms with Crippen molar-refractivity contribution in [3.63, 3.8) is 0 Å². The molecule has 0 bridgehead atoms. The molecule has 152 valence electrons. The Bertz CT molecular complexity index is 1080. The highest BCUT2D eigenvalue weighted by Gasteiger charge is 2.51. The molecule has 1 saturated carbocycles. The zero-order valence-electron chi connectivity index (χ0n) is 16.7. The number of anilines is 1. The molecule has 0 saturated heterocycles. The fourth-order valence-electron chi connectivity index (χ4n) is 3.91.